The van der Waals surface area contributed by atoms with E-state index in [2.05, 4.69) is 0 Å². The summed E-state index contributed by atoms with van der Waals surface area (Å²) in [6.07, 6.45) is 0.257. The Bertz CT molecular complexity index is 175. The lowest BCUT2D eigenvalue weighted by Crippen LogP contribution is -2.37. The van der Waals surface area contributed by atoms with E-state index in [1.54, 1.807) is 7.11 Å². The monoisotopic (exact) mass is 203 g/mol. The Balaban J connectivity index is 3.72. The smallest absolute Gasteiger partial charge is 0.307 e. The fraction of sp³-hybridized carbons (Fsp3) is 0.900. The molecule has 2 N–H and O–H groups in total. The van der Waals surface area contributed by atoms with Gasteiger partial charge in [0, 0.05) is 13.2 Å². The number of hydrogen-bond donors (Lipinski definition) is 1. The second-order valence-corrected chi connectivity index (χ2v) is 4.39. The van der Waals surface area contributed by atoms with Crippen molar-refractivity contribution in [1.29, 1.82) is 0 Å². The molecule has 0 amide bonds. The zero-order valence-corrected chi connectivity index (χ0v) is 9.50. The second kappa shape index (κ2) is 5.98. The highest BCUT2D eigenvalue weighted by Crippen LogP contribution is 2.19. The molecule has 0 fully saturated rings. The number of esters is 1. The lowest BCUT2D eigenvalue weighted by Gasteiger charge is -2.26. The first-order chi connectivity index (χ1) is 6.38. The molecule has 0 radical (unpaired) electrons. The summed E-state index contributed by atoms with van der Waals surface area (Å²) in [5, 5.41) is 0. The first-order valence-electron chi connectivity index (χ1n) is 4.78. The predicted molar refractivity (Wildman–Crippen MR) is 54.9 cm³/mol. The largest absolute Gasteiger partial charge is 0.463 e. The summed E-state index contributed by atoms with van der Waals surface area (Å²) in [6, 6.07) is -0.169. The second-order valence-electron chi connectivity index (χ2n) is 4.39. The summed E-state index contributed by atoms with van der Waals surface area (Å²) in [5.74, 6) is -0.260. The molecule has 0 saturated heterocycles. The van der Waals surface area contributed by atoms with Crippen LogP contribution >= 0.6 is 0 Å². The van der Waals surface area contributed by atoms with Gasteiger partial charge in [0.1, 0.15) is 6.61 Å². The quantitative estimate of drug-likeness (QED) is 0.533. The van der Waals surface area contributed by atoms with Crippen molar-refractivity contribution >= 4 is 5.97 Å². The van der Waals surface area contributed by atoms with Gasteiger partial charge in [-0.05, 0) is 5.41 Å². The standard InChI is InChI=1S/C10H21NO3/c1-10(2,3)8(11)7-9(12)14-6-5-13-4/h8H,5-7,11H2,1-4H3. The van der Waals surface area contributed by atoms with E-state index >= 15 is 0 Å². The van der Waals surface area contributed by atoms with Crippen molar-refractivity contribution in [2.24, 2.45) is 11.1 Å². The molecule has 4 heteroatoms. The van der Waals surface area contributed by atoms with Gasteiger partial charge >= 0.3 is 5.97 Å². The van der Waals surface area contributed by atoms with E-state index in [4.69, 9.17) is 15.2 Å². The van der Waals surface area contributed by atoms with Gasteiger partial charge in [-0.2, -0.15) is 0 Å². The molecule has 84 valence electrons. The number of carbonyl (C=O) groups is 1. The van der Waals surface area contributed by atoms with Crippen molar-refractivity contribution in [2.45, 2.75) is 33.2 Å². The van der Waals surface area contributed by atoms with Crippen LogP contribution in [-0.2, 0) is 14.3 Å². The van der Waals surface area contributed by atoms with Crippen LogP contribution < -0.4 is 5.73 Å². The van der Waals surface area contributed by atoms with Gasteiger partial charge in [0.25, 0.3) is 0 Å². The van der Waals surface area contributed by atoms with Gasteiger partial charge < -0.3 is 15.2 Å². The first-order valence-corrected chi connectivity index (χ1v) is 4.78. The molecule has 0 spiro atoms. The van der Waals surface area contributed by atoms with Crippen LogP contribution in [0.25, 0.3) is 0 Å². The van der Waals surface area contributed by atoms with Crippen molar-refractivity contribution in [2.75, 3.05) is 20.3 Å². The average molecular weight is 203 g/mol. The summed E-state index contributed by atoms with van der Waals surface area (Å²) in [5.41, 5.74) is 5.75. The van der Waals surface area contributed by atoms with Gasteiger partial charge in [-0.15, -0.1) is 0 Å². The van der Waals surface area contributed by atoms with Gasteiger partial charge in [0.15, 0.2) is 0 Å². The summed E-state index contributed by atoms with van der Waals surface area (Å²) < 4.78 is 9.66. The molecule has 14 heavy (non-hydrogen) atoms. The molecule has 0 rings (SSSR count). The Morgan fingerprint density at radius 3 is 2.36 bits per heavy atom. The van der Waals surface area contributed by atoms with Crippen LogP contribution in [0.4, 0.5) is 0 Å². The van der Waals surface area contributed by atoms with E-state index < -0.39 is 0 Å². The van der Waals surface area contributed by atoms with Gasteiger partial charge in [-0.1, -0.05) is 20.8 Å². The fourth-order valence-corrected chi connectivity index (χ4v) is 0.784. The van der Waals surface area contributed by atoms with Crippen LogP contribution in [-0.4, -0.2) is 32.3 Å². The molecule has 0 bridgehead atoms. The molecule has 0 aromatic heterocycles. The summed E-state index contributed by atoms with van der Waals surface area (Å²) in [4.78, 5) is 11.2. The Morgan fingerprint density at radius 2 is 1.93 bits per heavy atom. The molecule has 0 aliphatic heterocycles. The first kappa shape index (κ1) is 13.4. The van der Waals surface area contributed by atoms with E-state index in [0.717, 1.165) is 0 Å². The highest BCUT2D eigenvalue weighted by atomic mass is 16.6. The third kappa shape index (κ3) is 5.94. The van der Waals surface area contributed by atoms with Crippen LogP contribution in [0.5, 0.6) is 0 Å². The Kier molecular flexibility index (Phi) is 5.72. The number of carbonyl (C=O) groups excluding carboxylic acids is 1. The molecule has 0 aromatic rings. The number of methoxy groups -OCH3 is 1. The molecule has 0 aromatic carbocycles. The van der Waals surface area contributed by atoms with Crippen molar-refractivity contribution in [3.05, 3.63) is 0 Å². The van der Waals surface area contributed by atoms with Gasteiger partial charge in [0.2, 0.25) is 0 Å². The zero-order valence-electron chi connectivity index (χ0n) is 9.50. The van der Waals surface area contributed by atoms with Crippen LogP contribution in [0.1, 0.15) is 27.2 Å². The molecule has 4 nitrogen and oxygen atoms in total. The van der Waals surface area contributed by atoms with E-state index in [1.165, 1.54) is 0 Å². The molecule has 0 aliphatic carbocycles. The predicted octanol–water partition coefficient (Wildman–Crippen LogP) is 0.939. The SMILES string of the molecule is COCCOC(=O)CC(N)C(C)(C)C. The van der Waals surface area contributed by atoms with Crippen LogP contribution in [0.2, 0.25) is 0 Å². The van der Waals surface area contributed by atoms with E-state index in [-0.39, 0.29) is 23.8 Å². The minimum Gasteiger partial charge on any atom is -0.463 e. The van der Waals surface area contributed by atoms with E-state index in [0.29, 0.717) is 13.2 Å². The van der Waals surface area contributed by atoms with Crippen LogP contribution in [0.3, 0.4) is 0 Å². The zero-order chi connectivity index (χ0) is 11.2. The van der Waals surface area contributed by atoms with Crippen LogP contribution in [0, 0.1) is 5.41 Å². The third-order valence-corrected chi connectivity index (χ3v) is 2.05. The summed E-state index contributed by atoms with van der Waals surface area (Å²) in [6.45, 7) is 6.73. The third-order valence-electron chi connectivity index (χ3n) is 2.05. The number of nitrogens with two attached hydrogens (primary N) is 1. The lowest BCUT2D eigenvalue weighted by atomic mass is 9.85. The number of hydrogen-bond acceptors (Lipinski definition) is 4. The average Bonchev–Trinajstić information content (AvgIpc) is 2.03. The van der Waals surface area contributed by atoms with Crippen molar-refractivity contribution in [3.63, 3.8) is 0 Å². The Labute approximate surface area is 85.8 Å². The molecule has 1 unspecified atom stereocenters. The summed E-state index contributed by atoms with van der Waals surface area (Å²) >= 11 is 0. The van der Waals surface area contributed by atoms with E-state index in [1.807, 2.05) is 20.8 Å². The fourth-order valence-electron chi connectivity index (χ4n) is 0.784. The molecular formula is C10H21NO3. The molecule has 0 aliphatic rings. The molecular weight excluding hydrogens is 182 g/mol. The number of rotatable bonds is 5. The minimum atomic E-state index is -0.260. The van der Waals surface area contributed by atoms with Crippen molar-refractivity contribution in [3.8, 4) is 0 Å². The van der Waals surface area contributed by atoms with Gasteiger partial charge in [-0.3, -0.25) is 4.79 Å². The Hall–Kier alpha value is -0.610. The van der Waals surface area contributed by atoms with Gasteiger partial charge in [0.05, 0.1) is 13.0 Å². The maximum absolute atomic E-state index is 11.2. The van der Waals surface area contributed by atoms with Gasteiger partial charge in [-0.25, -0.2) is 0 Å². The maximum atomic E-state index is 11.2. The van der Waals surface area contributed by atoms with Crippen molar-refractivity contribution < 1.29 is 14.3 Å². The highest BCUT2D eigenvalue weighted by molar-refractivity contribution is 5.70. The molecule has 0 heterocycles. The van der Waals surface area contributed by atoms with E-state index in [9.17, 15) is 4.79 Å². The number of ether oxygens (including phenoxy) is 2. The normalized spacial score (nSPS) is 13.8. The van der Waals surface area contributed by atoms with Crippen molar-refractivity contribution in [1.82, 2.24) is 0 Å². The molecule has 0 saturated carbocycles. The topological polar surface area (TPSA) is 61.5 Å². The minimum absolute atomic E-state index is 0.0692. The summed E-state index contributed by atoms with van der Waals surface area (Å²) in [7, 11) is 1.56. The lowest BCUT2D eigenvalue weighted by molar-refractivity contribution is -0.145. The van der Waals surface area contributed by atoms with Crippen LogP contribution in [0.15, 0.2) is 0 Å². The maximum Gasteiger partial charge on any atom is 0.307 e. The Morgan fingerprint density at radius 1 is 1.36 bits per heavy atom. The molecule has 1 atom stereocenters. The highest BCUT2D eigenvalue weighted by Gasteiger charge is 2.23.